The van der Waals surface area contributed by atoms with Gasteiger partial charge < -0.3 is 8.94 Å². The van der Waals surface area contributed by atoms with E-state index in [0.717, 1.165) is 51.4 Å². The number of hydrogen-bond donors (Lipinski definition) is 1. The Balaban J connectivity index is 1.39. The quantitative estimate of drug-likeness (QED) is 0.595. The number of sulfonamides is 1. The Morgan fingerprint density at radius 1 is 1.10 bits per heavy atom. The molecule has 0 atom stereocenters. The highest BCUT2D eigenvalue weighted by Gasteiger charge is 2.30. The van der Waals surface area contributed by atoms with Crippen molar-refractivity contribution in [3.63, 3.8) is 0 Å². The fraction of sp³-hybridized carbons (Fsp3) is 0.550. The van der Waals surface area contributed by atoms with Crippen LogP contribution in [0.1, 0.15) is 69.0 Å². The van der Waals surface area contributed by atoms with Crippen LogP contribution in [0.25, 0.3) is 11.1 Å². The molecule has 3 aromatic rings. The molecule has 30 heavy (non-hydrogen) atoms. The highest BCUT2D eigenvalue weighted by Crippen LogP contribution is 2.38. The molecule has 0 radical (unpaired) electrons. The number of aromatic nitrogens is 3. The van der Waals surface area contributed by atoms with Gasteiger partial charge in [-0.25, -0.2) is 17.9 Å². The van der Waals surface area contributed by atoms with E-state index in [1.54, 1.807) is 6.07 Å². The van der Waals surface area contributed by atoms with Crippen LogP contribution in [0.4, 0.5) is 0 Å². The van der Waals surface area contributed by atoms with Crippen LogP contribution in [0.5, 0.6) is 0 Å². The van der Waals surface area contributed by atoms with Gasteiger partial charge in [0, 0.05) is 18.0 Å². The van der Waals surface area contributed by atoms with Gasteiger partial charge in [-0.1, -0.05) is 30.8 Å². The summed E-state index contributed by atoms with van der Waals surface area (Å²) in [5, 5.41) is 3.94. The predicted octanol–water partition coefficient (Wildman–Crippen LogP) is 2.90. The summed E-state index contributed by atoms with van der Waals surface area (Å²) in [6.45, 7) is 0.106. The van der Waals surface area contributed by atoms with Gasteiger partial charge in [0.1, 0.15) is 0 Å². The third kappa shape index (κ3) is 3.93. The van der Waals surface area contributed by atoms with Crippen LogP contribution in [0.2, 0.25) is 0 Å². The van der Waals surface area contributed by atoms with E-state index in [-0.39, 0.29) is 23.1 Å². The second-order valence-corrected chi connectivity index (χ2v) is 9.93. The van der Waals surface area contributed by atoms with Gasteiger partial charge in [0.25, 0.3) is 0 Å². The first-order chi connectivity index (χ1) is 14.5. The van der Waals surface area contributed by atoms with Crippen molar-refractivity contribution in [1.82, 2.24) is 19.4 Å². The maximum absolute atomic E-state index is 12.8. The number of nitrogens with one attached hydrogen (secondary N) is 1. The molecule has 0 bridgehead atoms. The van der Waals surface area contributed by atoms with Crippen LogP contribution >= 0.6 is 0 Å². The molecule has 0 unspecified atom stereocenters. The lowest BCUT2D eigenvalue weighted by Crippen LogP contribution is -2.34. The molecular formula is C20H24N4O5S. The van der Waals surface area contributed by atoms with E-state index in [1.165, 1.54) is 16.7 Å². The second kappa shape index (κ2) is 7.66. The van der Waals surface area contributed by atoms with Crippen molar-refractivity contribution in [3.05, 3.63) is 40.5 Å². The van der Waals surface area contributed by atoms with Gasteiger partial charge in [-0.2, -0.15) is 4.98 Å². The first-order valence-corrected chi connectivity index (χ1v) is 12.0. The predicted molar refractivity (Wildman–Crippen MR) is 108 cm³/mol. The second-order valence-electron chi connectivity index (χ2n) is 8.22. The molecule has 5 rings (SSSR count). The van der Waals surface area contributed by atoms with E-state index >= 15 is 0 Å². The van der Waals surface area contributed by atoms with Gasteiger partial charge in [-0.15, -0.1) is 0 Å². The van der Waals surface area contributed by atoms with Crippen molar-refractivity contribution in [1.29, 1.82) is 0 Å². The average Bonchev–Trinajstić information content (AvgIpc) is 3.45. The monoisotopic (exact) mass is 432 g/mol. The van der Waals surface area contributed by atoms with Gasteiger partial charge in [-0.05, 0) is 37.8 Å². The molecule has 2 aliphatic rings. The van der Waals surface area contributed by atoms with Gasteiger partial charge in [0.05, 0.1) is 17.0 Å². The van der Waals surface area contributed by atoms with Crippen LogP contribution in [0.15, 0.2) is 36.8 Å². The largest absolute Gasteiger partial charge is 0.420 e. The van der Waals surface area contributed by atoms with Crippen molar-refractivity contribution >= 4 is 21.1 Å². The zero-order chi connectivity index (χ0) is 20.7. The van der Waals surface area contributed by atoms with Crippen molar-refractivity contribution < 1.29 is 17.4 Å². The van der Waals surface area contributed by atoms with Crippen LogP contribution < -0.4 is 10.5 Å². The Labute approximate surface area is 173 Å². The van der Waals surface area contributed by atoms with Crippen LogP contribution in [-0.2, 0) is 16.6 Å². The number of oxazole rings is 1. The van der Waals surface area contributed by atoms with Gasteiger partial charge in [0.2, 0.25) is 15.9 Å². The molecule has 0 amide bonds. The molecule has 2 saturated carbocycles. The number of hydrogen-bond acceptors (Lipinski definition) is 7. The fourth-order valence-corrected chi connectivity index (χ4v) is 5.34. The summed E-state index contributed by atoms with van der Waals surface area (Å²) >= 11 is 0. The van der Waals surface area contributed by atoms with E-state index in [4.69, 9.17) is 8.94 Å². The Hall–Kier alpha value is -2.46. The summed E-state index contributed by atoms with van der Waals surface area (Å²) < 4.78 is 40.4. The molecule has 10 heteroatoms. The van der Waals surface area contributed by atoms with Crippen molar-refractivity contribution in [2.45, 2.75) is 74.8 Å². The molecule has 1 N–H and O–H groups in total. The maximum Gasteiger partial charge on any atom is 0.420 e. The first-order valence-electron chi connectivity index (χ1n) is 10.5. The summed E-state index contributed by atoms with van der Waals surface area (Å²) in [6.07, 6.45) is 8.13. The Morgan fingerprint density at radius 3 is 2.60 bits per heavy atom. The Kier molecular flexibility index (Phi) is 4.98. The molecule has 2 aliphatic carbocycles. The summed E-state index contributed by atoms with van der Waals surface area (Å²) in [5.74, 6) is 0.740. The lowest BCUT2D eigenvalue weighted by Gasteiger charge is -2.16. The third-order valence-electron chi connectivity index (χ3n) is 5.84. The smallest absolute Gasteiger partial charge is 0.408 e. The minimum atomic E-state index is -3.69. The minimum Gasteiger partial charge on any atom is -0.408 e. The van der Waals surface area contributed by atoms with Crippen molar-refractivity contribution in [2.75, 3.05) is 0 Å². The molecular weight excluding hydrogens is 408 g/mol. The Bertz CT molecular complexity index is 1210. The highest BCUT2D eigenvalue weighted by molar-refractivity contribution is 7.89. The summed E-state index contributed by atoms with van der Waals surface area (Å²) in [4.78, 5) is 16.8. The highest BCUT2D eigenvalue weighted by atomic mass is 32.2. The number of rotatable bonds is 6. The van der Waals surface area contributed by atoms with Crippen LogP contribution in [-0.4, -0.2) is 29.2 Å². The van der Waals surface area contributed by atoms with Gasteiger partial charge >= 0.3 is 5.76 Å². The normalized spacial score (nSPS) is 18.7. The third-order valence-corrected chi connectivity index (χ3v) is 7.36. The number of fused-ring (bicyclic) bond motifs is 1. The van der Waals surface area contributed by atoms with E-state index in [2.05, 4.69) is 14.9 Å². The summed E-state index contributed by atoms with van der Waals surface area (Å²) in [5.41, 5.74) is 0.709. The van der Waals surface area contributed by atoms with Gasteiger partial charge in [-0.3, -0.25) is 4.57 Å². The SMILES string of the molecule is O=c1oc2cc(S(=O)(=O)NC3CCCCCC3)ccc2n1Cc1noc(C2CC2)n1. The number of benzene rings is 1. The molecule has 9 nitrogen and oxygen atoms in total. The van der Waals surface area contributed by atoms with E-state index < -0.39 is 15.8 Å². The summed E-state index contributed by atoms with van der Waals surface area (Å²) in [7, 11) is -3.69. The molecule has 1 aromatic carbocycles. The fourth-order valence-electron chi connectivity index (χ4n) is 4.02. The number of nitrogens with zero attached hydrogens (tertiary/aromatic N) is 3. The van der Waals surface area contributed by atoms with Crippen molar-refractivity contribution in [3.8, 4) is 0 Å². The Morgan fingerprint density at radius 2 is 1.87 bits per heavy atom. The zero-order valence-electron chi connectivity index (χ0n) is 16.5. The molecule has 2 heterocycles. The molecule has 0 aliphatic heterocycles. The average molecular weight is 433 g/mol. The minimum absolute atomic E-state index is 0.0521. The van der Waals surface area contributed by atoms with Crippen LogP contribution in [0, 0.1) is 0 Å². The molecule has 160 valence electrons. The molecule has 0 spiro atoms. The van der Waals surface area contributed by atoms with Crippen LogP contribution in [0.3, 0.4) is 0 Å². The standard InChI is InChI=1S/C20H24N4O5S/c25-20-24(12-18-21-19(29-22-18)13-7-8-13)16-10-9-15(11-17(16)28-20)30(26,27)23-14-5-3-1-2-4-6-14/h9-11,13-14,23H,1-8,12H2. The lowest BCUT2D eigenvalue weighted by molar-refractivity contribution is 0.372. The van der Waals surface area contributed by atoms with E-state index in [0.29, 0.717) is 23.1 Å². The first kappa shape index (κ1) is 19.5. The lowest BCUT2D eigenvalue weighted by atomic mass is 10.1. The van der Waals surface area contributed by atoms with Crippen molar-refractivity contribution in [2.24, 2.45) is 0 Å². The summed E-state index contributed by atoms with van der Waals surface area (Å²) in [6, 6.07) is 4.43. The molecule has 2 fully saturated rings. The van der Waals surface area contributed by atoms with Gasteiger partial charge in [0.15, 0.2) is 11.4 Å². The van der Waals surface area contributed by atoms with E-state index in [9.17, 15) is 13.2 Å². The zero-order valence-corrected chi connectivity index (χ0v) is 17.4. The topological polar surface area (TPSA) is 120 Å². The van der Waals surface area contributed by atoms with E-state index in [1.807, 2.05) is 0 Å². The molecule has 0 saturated heterocycles. The maximum atomic E-state index is 12.8. The molecule has 2 aromatic heterocycles.